The molecule has 2 aromatic rings. The molecule has 0 aliphatic carbocycles. The lowest BCUT2D eigenvalue weighted by Gasteiger charge is -2.10. The van der Waals surface area contributed by atoms with Gasteiger partial charge in [0.05, 0.1) is 0 Å². The number of para-hydroxylation sites is 1. The van der Waals surface area contributed by atoms with Crippen LogP contribution < -0.4 is 5.32 Å². The number of aryl methyl sites for hydroxylation is 1. The lowest BCUT2D eigenvalue weighted by atomic mass is 10.1. The van der Waals surface area contributed by atoms with E-state index in [1.54, 1.807) is 6.07 Å². The highest BCUT2D eigenvalue weighted by Gasteiger charge is 2.10. The summed E-state index contributed by atoms with van der Waals surface area (Å²) in [6.45, 7) is 1.96. The fraction of sp³-hybridized carbons (Fsp3) is 0.133. The van der Waals surface area contributed by atoms with Gasteiger partial charge in [-0.3, -0.25) is 4.79 Å². The Bertz CT molecular complexity index is 566. The minimum atomic E-state index is -0.124. The lowest BCUT2D eigenvalue weighted by molar-refractivity contribution is 0.102. The van der Waals surface area contributed by atoms with Crippen LogP contribution in [0.15, 0.2) is 48.5 Å². The third-order valence-corrected chi connectivity index (χ3v) is 3.09. The van der Waals surface area contributed by atoms with Crippen molar-refractivity contribution < 1.29 is 4.79 Å². The number of carbonyl (C=O) groups is 1. The van der Waals surface area contributed by atoms with E-state index < -0.39 is 0 Å². The van der Waals surface area contributed by atoms with Crippen molar-refractivity contribution in [1.82, 2.24) is 0 Å². The molecule has 2 nitrogen and oxygen atoms in total. The van der Waals surface area contributed by atoms with Crippen LogP contribution in [0.1, 0.15) is 21.5 Å². The molecule has 92 valence electrons. The average Bonchev–Trinajstić information content (AvgIpc) is 2.41. The summed E-state index contributed by atoms with van der Waals surface area (Å²) in [5.74, 6) is 0.206. The van der Waals surface area contributed by atoms with Crippen molar-refractivity contribution in [1.29, 1.82) is 0 Å². The number of hydrogen-bond donors (Lipinski definition) is 1. The number of nitrogens with one attached hydrogen (secondary N) is 1. The Morgan fingerprint density at radius 3 is 2.50 bits per heavy atom. The fourth-order valence-electron chi connectivity index (χ4n) is 1.76. The Morgan fingerprint density at radius 2 is 1.78 bits per heavy atom. The molecule has 0 atom stereocenters. The Kier molecular flexibility index (Phi) is 4.00. The van der Waals surface area contributed by atoms with Crippen LogP contribution in [-0.2, 0) is 5.88 Å². The molecule has 0 radical (unpaired) electrons. The van der Waals surface area contributed by atoms with Crippen LogP contribution in [-0.4, -0.2) is 5.91 Å². The van der Waals surface area contributed by atoms with Gasteiger partial charge in [-0.05, 0) is 30.2 Å². The first-order chi connectivity index (χ1) is 8.72. The van der Waals surface area contributed by atoms with E-state index in [4.69, 9.17) is 11.6 Å². The molecule has 0 aliphatic heterocycles. The van der Waals surface area contributed by atoms with Gasteiger partial charge >= 0.3 is 0 Å². The molecule has 0 spiro atoms. The van der Waals surface area contributed by atoms with E-state index in [0.29, 0.717) is 11.4 Å². The van der Waals surface area contributed by atoms with E-state index in [1.807, 2.05) is 49.4 Å². The van der Waals surface area contributed by atoms with Crippen LogP contribution in [0.25, 0.3) is 0 Å². The quantitative estimate of drug-likeness (QED) is 0.830. The second-order valence-corrected chi connectivity index (χ2v) is 4.33. The van der Waals surface area contributed by atoms with Crippen molar-refractivity contribution in [2.24, 2.45) is 0 Å². The number of rotatable bonds is 3. The molecular formula is C15H14ClNO. The Labute approximate surface area is 112 Å². The van der Waals surface area contributed by atoms with Gasteiger partial charge in [0.15, 0.2) is 0 Å². The summed E-state index contributed by atoms with van der Waals surface area (Å²) in [4.78, 5) is 12.2. The maximum absolute atomic E-state index is 12.2. The summed E-state index contributed by atoms with van der Waals surface area (Å²) in [6.07, 6.45) is 0. The Morgan fingerprint density at radius 1 is 1.11 bits per heavy atom. The number of anilines is 1. The summed E-state index contributed by atoms with van der Waals surface area (Å²) in [6, 6.07) is 15.0. The minimum Gasteiger partial charge on any atom is -0.322 e. The van der Waals surface area contributed by atoms with Crippen molar-refractivity contribution in [3.8, 4) is 0 Å². The van der Waals surface area contributed by atoms with Crippen molar-refractivity contribution in [3.05, 3.63) is 65.2 Å². The minimum absolute atomic E-state index is 0.124. The number of alkyl halides is 1. The average molecular weight is 260 g/mol. The van der Waals surface area contributed by atoms with Gasteiger partial charge < -0.3 is 5.32 Å². The van der Waals surface area contributed by atoms with Crippen molar-refractivity contribution >= 4 is 23.2 Å². The van der Waals surface area contributed by atoms with Gasteiger partial charge in [0, 0.05) is 17.1 Å². The van der Waals surface area contributed by atoms with Crippen LogP contribution in [0.3, 0.4) is 0 Å². The molecule has 0 fully saturated rings. The Hall–Kier alpha value is -1.80. The predicted molar refractivity (Wildman–Crippen MR) is 75.1 cm³/mol. The zero-order chi connectivity index (χ0) is 13.0. The van der Waals surface area contributed by atoms with Crippen LogP contribution in [0.4, 0.5) is 5.69 Å². The van der Waals surface area contributed by atoms with Crippen molar-refractivity contribution in [2.45, 2.75) is 12.8 Å². The smallest absolute Gasteiger partial charge is 0.255 e. The van der Waals surface area contributed by atoms with Gasteiger partial charge in [0.1, 0.15) is 0 Å². The molecule has 0 bridgehead atoms. The zero-order valence-electron chi connectivity index (χ0n) is 10.1. The molecule has 0 aromatic heterocycles. The van der Waals surface area contributed by atoms with Crippen molar-refractivity contribution in [2.75, 3.05) is 5.32 Å². The number of halogens is 1. The second-order valence-electron chi connectivity index (χ2n) is 4.06. The fourth-order valence-corrected chi connectivity index (χ4v) is 1.99. The number of amides is 1. The highest BCUT2D eigenvalue weighted by atomic mass is 35.5. The summed E-state index contributed by atoms with van der Waals surface area (Å²) in [7, 11) is 0. The topological polar surface area (TPSA) is 29.1 Å². The third-order valence-electron chi connectivity index (χ3n) is 2.80. The molecule has 0 aliphatic rings. The van der Waals surface area contributed by atoms with Crippen molar-refractivity contribution in [3.63, 3.8) is 0 Å². The summed E-state index contributed by atoms with van der Waals surface area (Å²) in [5.41, 5.74) is 3.32. The number of hydrogen-bond acceptors (Lipinski definition) is 1. The predicted octanol–water partition coefficient (Wildman–Crippen LogP) is 3.99. The molecule has 3 heteroatoms. The SMILES string of the molecule is Cc1ccccc1NC(=O)c1ccccc1CCl. The summed E-state index contributed by atoms with van der Waals surface area (Å²) < 4.78 is 0. The molecule has 2 rings (SSSR count). The standard InChI is InChI=1S/C15H14ClNO/c1-11-6-2-5-9-14(11)17-15(18)13-8-4-3-7-12(13)10-16/h2-9H,10H2,1H3,(H,17,18). The van der Waals surface area contributed by atoms with E-state index in [-0.39, 0.29) is 5.91 Å². The molecule has 0 unspecified atom stereocenters. The van der Waals surface area contributed by atoms with Gasteiger partial charge in [0.25, 0.3) is 5.91 Å². The molecular weight excluding hydrogens is 246 g/mol. The second kappa shape index (κ2) is 5.69. The first-order valence-corrected chi connectivity index (χ1v) is 6.26. The van der Waals surface area contributed by atoms with Crippen LogP contribution >= 0.6 is 11.6 Å². The largest absolute Gasteiger partial charge is 0.322 e. The molecule has 0 heterocycles. The van der Waals surface area contributed by atoms with Gasteiger partial charge in [0.2, 0.25) is 0 Å². The van der Waals surface area contributed by atoms with E-state index in [2.05, 4.69) is 5.32 Å². The van der Waals surface area contributed by atoms with Crippen LogP contribution in [0.5, 0.6) is 0 Å². The van der Waals surface area contributed by atoms with Gasteiger partial charge in [-0.15, -0.1) is 11.6 Å². The summed E-state index contributed by atoms with van der Waals surface area (Å²) >= 11 is 5.83. The maximum atomic E-state index is 12.2. The molecule has 1 amide bonds. The highest BCUT2D eigenvalue weighted by Crippen LogP contribution is 2.17. The molecule has 2 aromatic carbocycles. The van der Waals surface area contributed by atoms with Gasteiger partial charge in [-0.25, -0.2) is 0 Å². The van der Waals surface area contributed by atoms with E-state index in [1.165, 1.54) is 0 Å². The number of carbonyl (C=O) groups excluding carboxylic acids is 1. The van der Waals surface area contributed by atoms with E-state index >= 15 is 0 Å². The highest BCUT2D eigenvalue weighted by molar-refractivity contribution is 6.18. The van der Waals surface area contributed by atoms with Crippen LogP contribution in [0.2, 0.25) is 0 Å². The zero-order valence-corrected chi connectivity index (χ0v) is 10.9. The van der Waals surface area contributed by atoms with Gasteiger partial charge in [-0.1, -0.05) is 36.4 Å². The molecule has 0 saturated carbocycles. The third kappa shape index (κ3) is 2.71. The van der Waals surface area contributed by atoms with E-state index in [9.17, 15) is 4.79 Å². The lowest BCUT2D eigenvalue weighted by Crippen LogP contribution is -2.14. The van der Waals surface area contributed by atoms with Gasteiger partial charge in [-0.2, -0.15) is 0 Å². The van der Waals surface area contributed by atoms with Crippen LogP contribution in [0, 0.1) is 6.92 Å². The molecule has 18 heavy (non-hydrogen) atoms. The number of benzene rings is 2. The maximum Gasteiger partial charge on any atom is 0.255 e. The molecule has 0 saturated heterocycles. The summed E-state index contributed by atoms with van der Waals surface area (Å²) in [5, 5.41) is 2.90. The monoisotopic (exact) mass is 259 g/mol. The molecule has 1 N–H and O–H groups in total. The van der Waals surface area contributed by atoms with E-state index in [0.717, 1.165) is 16.8 Å². The first-order valence-electron chi connectivity index (χ1n) is 5.73. The Balaban J connectivity index is 2.25. The first kappa shape index (κ1) is 12.7. The normalized spacial score (nSPS) is 10.1.